The van der Waals surface area contributed by atoms with Gasteiger partial charge in [0, 0.05) is 5.92 Å². The quantitative estimate of drug-likeness (QED) is 0.535. The van der Waals surface area contributed by atoms with E-state index in [1.54, 1.807) is 0 Å². The summed E-state index contributed by atoms with van der Waals surface area (Å²) in [5.74, 6) is -0.998. The SMILES string of the molecule is C[C@H](NNC(=O)C1CCC1)C(=O)O. The van der Waals surface area contributed by atoms with Crippen LogP contribution in [-0.4, -0.2) is 23.0 Å². The number of carboxylic acid groups (broad SMARTS) is 1. The van der Waals surface area contributed by atoms with Gasteiger partial charge < -0.3 is 5.11 Å². The number of carbonyl (C=O) groups is 2. The minimum absolute atomic E-state index is 0.0773. The molecule has 1 rings (SSSR count). The summed E-state index contributed by atoms with van der Waals surface area (Å²) in [5, 5.41) is 8.49. The van der Waals surface area contributed by atoms with Crippen molar-refractivity contribution in [1.29, 1.82) is 0 Å². The highest BCUT2D eigenvalue weighted by Crippen LogP contribution is 2.25. The number of carboxylic acids is 1. The van der Waals surface area contributed by atoms with E-state index in [0.29, 0.717) is 0 Å². The molecule has 1 aliphatic rings. The number of hydrazine groups is 1. The Morgan fingerprint density at radius 3 is 2.46 bits per heavy atom. The lowest BCUT2D eigenvalue weighted by Crippen LogP contribution is -2.49. The van der Waals surface area contributed by atoms with Gasteiger partial charge in [-0.1, -0.05) is 6.42 Å². The summed E-state index contributed by atoms with van der Waals surface area (Å²) in [6, 6.07) is -0.746. The van der Waals surface area contributed by atoms with Crippen molar-refractivity contribution in [2.24, 2.45) is 5.92 Å². The van der Waals surface area contributed by atoms with Crippen molar-refractivity contribution in [3.63, 3.8) is 0 Å². The summed E-state index contributed by atoms with van der Waals surface area (Å²) >= 11 is 0. The molecule has 0 aromatic carbocycles. The molecule has 74 valence electrons. The highest BCUT2D eigenvalue weighted by atomic mass is 16.4. The van der Waals surface area contributed by atoms with Gasteiger partial charge in [0.15, 0.2) is 0 Å². The first-order valence-corrected chi connectivity index (χ1v) is 4.39. The number of nitrogens with one attached hydrogen (secondary N) is 2. The van der Waals surface area contributed by atoms with E-state index in [0.717, 1.165) is 19.3 Å². The summed E-state index contributed by atoms with van der Waals surface area (Å²) in [7, 11) is 0. The lowest BCUT2D eigenvalue weighted by molar-refractivity contribution is -0.139. The standard InChI is InChI=1S/C8H14N2O3/c1-5(8(12)13)9-10-7(11)6-3-2-4-6/h5-6,9H,2-4H2,1H3,(H,10,11)(H,12,13)/t5-/m0/s1. The number of aliphatic carboxylic acids is 1. The lowest BCUT2D eigenvalue weighted by Gasteiger charge is -2.24. The van der Waals surface area contributed by atoms with E-state index in [-0.39, 0.29) is 11.8 Å². The molecular weight excluding hydrogens is 172 g/mol. The fourth-order valence-electron chi connectivity index (χ4n) is 1.01. The highest BCUT2D eigenvalue weighted by molar-refractivity contribution is 5.79. The second-order valence-electron chi connectivity index (χ2n) is 3.32. The molecule has 5 nitrogen and oxygen atoms in total. The van der Waals surface area contributed by atoms with Crippen LogP contribution in [-0.2, 0) is 9.59 Å². The second kappa shape index (κ2) is 4.23. The molecule has 1 aliphatic carbocycles. The van der Waals surface area contributed by atoms with E-state index >= 15 is 0 Å². The number of hydrogen-bond donors (Lipinski definition) is 3. The topological polar surface area (TPSA) is 78.4 Å². The molecule has 1 atom stereocenters. The molecule has 0 saturated heterocycles. The second-order valence-corrected chi connectivity index (χ2v) is 3.32. The Balaban J connectivity index is 2.17. The fraction of sp³-hybridized carbons (Fsp3) is 0.750. The molecule has 0 bridgehead atoms. The number of amides is 1. The van der Waals surface area contributed by atoms with Crippen LogP contribution >= 0.6 is 0 Å². The van der Waals surface area contributed by atoms with Gasteiger partial charge in [-0.05, 0) is 19.8 Å². The molecule has 0 spiro atoms. The number of hydrogen-bond acceptors (Lipinski definition) is 3. The van der Waals surface area contributed by atoms with Crippen molar-refractivity contribution in [2.75, 3.05) is 0 Å². The molecule has 0 unspecified atom stereocenters. The maximum Gasteiger partial charge on any atom is 0.322 e. The van der Waals surface area contributed by atoms with Crippen molar-refractivity contribution >= 4 is 11.9 Å². The van der Waals surface area contributed by atoms with Crippen LogP contribution in [0.2, 0.25) is 0 Å². The molecule has 13 heavy (non-hydrogen) atoms. The van der Waals surface area contributed by atoms with Crippen molar-refractivity contribution in [2.45, 2.75) is 32.2 Å². The number of carbonyl (C=O) groups excluding carboxylic acids is 1. The smallest absolute Gasteiger partial charge is 0.322 e. The zero-order valence-corrected chi connectivity index (χ0v) is 7.54. The Morgan fingerprint density at radius 2 is 2.08 bits per heavy atom. The third-order valence-electron chi connectivity index (χ3n) is 2.26. The largest absolute Gasteiger partial charge is 0.480 e. The third kappa shape index (κ3) is 2.69. The van der Waals surface area contributed by atoms with Gasteiger partial charge in [0.05, 0.1) is 0 Å². The molecule has 5 heteroatoms. The van der Waals surface area contributed by atoms with Gasteiger partial charge in [-0.2, -0.15) is 0 Å². The minimum atomic E-state index is -0.978. The Labute approximate surface area is 76.5 Å². The van der Waals surface area contributed by atoms with Crippen LogP contribution in [0, 0.1) is 5.92 Å². The van der Waals surface area contributed by atoms with E-state index in [1.807, 2.05) is 0 Å². The molecule has 0 aliphatic heterocycles. The molecule has 0 heterocycles. The van der Waals surface area contributed by atoms with E-state index in [1.165, 1.54) is 6.92 Å². The zero-order valence-electron chi connectivity index (χ0n) is 7.54. The molecule has 0 radical (unpaired) electrons. The van der Waals surface area contributed by atoms with E-state index in [2.05, 4.69) is 10.9 Å². The minimum Gasteiger partial charge on any atom is -0.480 e. The lowest BCUT2D eigenvalue weighted by atomic mass is 9.85. The summed E-state index contributed by atoms with van der Waals surface area (Å²) in [4.78, 5) is 21.5. The van der Waals surface area contributed by atoms with Crippen LogP contribution in [0.15, 0.2) is 0 Å². The molecule has 0 aromatic rings. The monoisotopic (exact) mass is 186 g/mol. The third-order valence-corrected chi connectivity index (χ3v) is 2.26. The van der Waals surface area contributed by atoms with Gasteiger partial charge in [-0.25, -0.2) is 5.43 Å². The summed E-state index contributed by atoms with van der Waals surface area (Å²) in [5.41, 5.74) is 4.83. The Hall–Kier alpha value is -1.10. The van der Waals surface area contributed by atoms with Crippen molar-refractivity contribution < 1.29 is 14.7 Å². The molecule has 0 aromatic heterocycles. The van der Waals surface area contributed by atoms with Crippen LogP contribution < -0.4 is 10.9 Å². The average molecular weight is 186 g/mol. The first-order valence-electron chi connectivity index (χ1n) is 4.39. The van der Waals surface area contributed by atoms with Crippen molar-refractivity contribution in [3.8, 4) is 0 Å². The Morgan fingerprint density at radius 1 is 1.46 bits per heavy atom. The molecular formula is C8H14N2O3. The molecule has 1 saturated carbocycles. The van der Waals surface area contributed by atoms with Gasteiger partial charge in [0.1, 0.15) is 6.04 Å². The maximum atomic E-state index is 11.2. The van der Waals surface area contributed by atoms with Crippen LogP contribution in [0.3, 0.4) is 0 Å². The van der Waals surface area contributed by atoms with E-state index in [4.69, 9.17) is 5.11 Å². The predicted molar refractivity (Wildman–Crippen MR) is 45.7 cm³/mol. The van der Waals surface area contributed by atoms with Crippen LogP contribution in [0.4, 0.5) is 0 Å². The van der Waals surface area contributed by atoms with E-state index in [9.17, 15) is 9.59 Å². The van der Waals surface area contributed by atoms with Gasteiger partial charge >= 0.3 is 5.97 Å². The molecule has 1 amide bonds. The first-order chi connectivity index (χ1) is 6.11. The van der Waals surface area contributed by atoms with Gasteiger partial charge in [-0.3, -0.25) is 15.0 Å². The summed E-state index contributed by atoms with van der Waals surface area (Å²) in [6.07, 6.45) is 2.91. The maximum absolute atomic E-state index is 11.2. The summed E-state index contributed by atoms with van der Waals surface area (Å²) < 4.78 is 0. The predicted octanol–water partition coefficient (Wildman–Crippen LogP) is -0.120. The van der Waals surface area contributed by atoms with Gasteiger partial charge in [-0.15, -0.1) is 0 Å². The average Bonchev–Trinajstić information content (AvgIpc) is 1.96. The first kappa shape index (κ1) is 9.98. The van der Waals surface area contributed by atoms with Crippen LogP contribution in [0.5, 0.6) is 0 Å². The Kier molecular flexibility index (Phi) is 3.25. The summed E-state index contributed by atoms with van der Waals surface area (Å²) in [6.45, 7) is 1.48. The molecule has 3 N–H and O–H groups in total. The Bertz CT molecular complexity index is 213. The zero-order chi connectivity index (χ0) is 9.84. The van der Waals surface area contributed by atoms with Crippen molar-refractivity contribution in [1.82, 2.24) is 10.9 Å². The van der Waals surface area contributed by atoms with Gasteiger partial charge in [0.2, 0.25) is 5.91 Å². The van der Waals surface area contributed by atoms with Gasteiger partial charge in [0.25, 0.3) is 0 Å². The molecule has 1 fully saturated rings. The van der Waals surface area contributed by atoms with Crippen LogP contribution in [0.25, 0.3) is 0 Å². The normalized spacial score (nSPS) is 18.8. The van der Waals surface area contributed by atoms with E-state index < -0.39 is 12.0 Å². The number of rotatable bonds is 4. The van der Waals surface area contributed by atoms with Crippen molar-refractivity contribution in [3.05, 3.63) is 0 Å². The highest BCUT2D eigenvalue weighted by Gasteiger charge is 2.25. The van der Waals surface area contributed by atoms with Crippen LogP contribution in [0.1, 0.15) is 26.2 Å². The fourth-order valence-corrected chi connectivity index (χ4v) is 1.01.